The van der Waals surface area contributed by atoms with E-state index in [9.17, 15) is 5.11 Å². The maximum absolute atomic E-state index is 9.37. The molecule has 1 fully saturated rings. The third kappa shape index (κ3) is 2.19. The summed E-state index contributed by atoms with van der Waals surface area (Å²) < 4.78 is 0. The minimum absolute atomic E-state index is 0.134. The lowest BCUT2D eigenvalue weighted by atomic mass is 10.1. The normalized spacial score (nSPS) is 27.8. The Balaban J connectivity index is 2.13. The molecule has 0 bridgehead atoms. The molecule has 1 aliphatic heterocycles. The van der Waals surface area contributed by atoms with Gasteiger partial charge in [0.15, 0.2) is 0 Å². The van der Waals surface area contributed by atoms with E-state index in [0.29, 0.717) is 5.25 Å². The number of hydrogen-bond acceptors (Lipinski definition) is 2. The predicted molar refractivity (Wildman–Crippen MR) is 57.3 cm³/mol. The van der Waals surface area contributed by atoms with Gasteiger partial charge in [-0.25, -0.2) is 0 Å². The minimum atomic E-state index is -0.134. The van der Waals surface area contributed by atoms with Gasteiger partial charge in [0.2, 0.25) is 0 Å². The first-order valence-corrected chi connectivity index (χ1v) is 5.73. The molecule has 0 aliphatic carbocycles. The SMILES string of the molecule is OC1CSC(c2ccc(Cl)cc2)C1. The van der Waals surface area contributed by atoms with Crippen LogP contribution in [0.4, 0.5) is 0 Å². The van der Waals surface area contributed by atoms with Gasteiger partial charge in [-0.05, 0) is 24.1 Å². The molecule has 0 amide bonds. The van der Waals surface area contributed by atoms with Crippen LogP contribution in [0.25, 0.3) is 0 Å². The summed E-state index contributed by atoms with van der Waals surface area (Å²) in [6, 6.07) is 7.89. The molecular weight excluding hydrogens is 204 g/mol. The molecule has 0 aromatic heterocycles. The van der Waals surface area contributed by atoms with Crippen molar-refractivity contribution in [2.75, 3.05) is 5.75 Å². The van der Waals surface area contributed by atoms with Crippen LogP contribution in [-0.4, -0.2) is 17.0 Å². The fourth-order valence-electron chi connectivity index (χ4n) is 1.52. The quantitative estimate of drug-likeness (QED) is 0.776. The topological polar surface area (TPSA) is 20.2 Å². The van der Waals surface area contributed by atoms with E-state index >= 15 is 0 Å². The van der Waals surface area contributed by atoms with Gasteiger partial charge < -0.3 is 5.11 Å². The summed E-state index contributed by atoms with van der Waals surface area (Å²) in [6.45, 7) is 0. The highest BCUT2D eigenvalue weighted by molar-refractivity contribution is 7.99. The van der Waals surface area contributed by atoms with Crippen LogP contribution >= 0.6 is 23.4 Å². The number of rotatable bonds is 1. The maximum Gasteiger partial charge on any atom is 0.0644 e. The van der Waals surface area contributed by atoms with Crippen molar-refractivity contribution < 1.29 is 5.11 Å². The molecule has 1 aromatic carbocycles. The standard InChI is InChI=1S/C10H11ClOS/c11-8-3-1-7(2-4-8)10-5-9(12)6-13-10/h1-4,9-10,12H,5-6H2. The van der Waals surface area contributed by atoms with E-state index in [-0.39, 0.29) is 6.10 Å². The van der Waals surface area contributed by atoms with Gasteiger partial charge in [0.1, 0.15) is 0 Å². The van der Waals surface area contributed by atoms with Gasteiger partial charge in [0.05, 0.1) is 6.10 Å². The molecule has 1 saturated heterocycles. The Kier molecular flexibility index (Phi) is 2.82. The third-order valence-corrected chi connectivity index (χ3v) is 3.91. The van der Waals surface area contributed by atoms with E-state index in [1.807, 2.05) is 36.0 Å². The number of aliphatic hydroxyl groups excluding tert-OH is 1. The van der Waals surface area contributed by atoms with E-state index in [4.69, 9.17) is 11.6 Å². The molecule has 2 unspecified atom stereocenters. The Morgan fingerprint density at radius 1 is 1.31 bits per heavy atom. The summed E-state index contributed by atoms with van der Waals surface area (Å²) in [7, 11) is 0. The molecule has 0 saturated carbocycles. The fourth-order valence-corrected chi connectivity index (χ4v) is 2.94. The highest BCUT2D eigenvalue weighted by atomic mass is 35.5. The summed E-state index contributed by atoms with van der Waals surface area (Å²) in [5.74, 6) is 0.854. The monoisotopic (exact) mass is 214 g/mol. The molecule has 1 nitrogen and oxygen atoms in total. The van der Waals surface area contributed by atoms with E-state index in [0.717, 1.165) is 17.2 Å². The van der Waals surface area contributed by atoms with Crippen molar-refractivity contribution in [1.82, 2.24) is 0 Å². The van der Waals surface area contributed by atoms with Gasteiger partial charge in [-0.3, -0.25) is 0 Å². The summed E-state index contributed by atoms with van der Waals surface area (Å²) in [4.78, 5) is 0. The van der Waals surface area contributed by atoms with Crippen LogP contribution in [-0.2, 0) is 0 Å². The van der Waals surface area contributed by atoms with Gasteiger partial charge in [0.25, 0.3) is 0 Å². The van der Waals surface area contributed by atoms with Crippen LogP contribution in [0.15, 0.2) is 24.3 Å². The fraction of sp³-hybridized carbons (Fsp3) is 0.400. The summed E-state index contributed by atoms with van der Waals surface area (Å²) in [5, 5.41) is 10.6. The summed E-state index contributed by atoms with van der Waals surface area (Å²) in [5.41, 5.74) is 1.27. The lowest BCUT2D eigenvalue weighted by Gasteiger charge is -2.08. The molecule has 0 radical (unpaired) electrons. The van der Waals surface area contributed by atoms with Crippen molar-refractivity contribution in [3.05, 3.63) is 34.9 Å². The van der Waals surface area contributed by atoms with E-state index in [1.54, 1.807) is 0 Å². The Morgan fingerprint density at radius 3 is 2.54 bits per heavy atom. The lowest BCUT2D eigenvalue weighted by Crippen LogP contribution is -2.02. The second-order valence-electron chi connectivity index (χ2n) is 3.26. The third-order valence-electron chi connectivity index (χ3n) is 2.22. The number of aliphatic hydroxyl groups is 1. The average molecular weight is 215 g/mol. The van der Waals surface area contributed by atoms with Crippen LogP contribution in [0.2, 0.25) is 5.02 Å². The molecule has 2 rings (SSSR count). The molecule has 0 spiro atoms. The van der Waals surface area contributed by atoms with Crippen molar-refractivity contribution in [1.29, 1.82) is 0 Å². The minimum Gasteiger partial charge on any atom is -0.392 e. The van der Waals surface area contributed by atoms with Crippen molar-refractivity contribution in [2.24, 2.45) is 0 Å². The highest BCUT2D eigenvalue weighted by Crippen LogP contribution is 2.40. The van der Waals surface area contributed by atoms with E-state index in [2.05, 4.69) is 0 Å². The van der Waals surface area contributed by atoms with Gasteiger partial charge in [-0.2, -0.15) is 11.8 Å². The van der Waals surface area contributed by atoms with Gasteiger partial charge in [0, 0.05) is 16.0 Å². The first-order valence-electron chi connectivity index (χ1n) is 4.31. The number of benzene rings is 1. The Hall–Kier alpha value is -0.180. The number of thioether (sulfide) groups is 1. The first kappa shape index (κ1) is 9.38. The Labute approximate surface area is 87.1 Å². The second-order valence-corrected chi connectivity index (χ2v) is 4.94. The average Bonchev–Trinajstić information content (AvgIpc) is 2.53. The molecule has 70 valence electrons. The van der Waals surface area contributed by atoms with E-state index in [1.165, 1.54) is 5.56 Å². The van der Waals surface area contributed by atoms with Crippen LogP contribution < -0.4 is 0 Å². The van der Waals surface area contributed by atoms with Crippen molar-refractivity contribution in [2.45, 2.75) is 17.8 Å². The Morgan fingerprint density at radius 2 is 2.00 bits per heavy atom. The molecule has 3 heteroatoms. The van der Waals surface area contributed by atoms with Gasteiger partial charge in [-0.15, -0.1) is 0 Å². The Bertz CT molecular complexity index is 285. The van der Waals surface area contributed by atoms with Crippen molar-refractivity contribution in [3.63, 3.8) is 0 Å². The van der Waals surface area contributed by atoms with Gasteiger partial charge >= 0.3 is 0 Å². The molecule has 1 aromatic rings. The van der Waals surface area contributed by atoms with Crippen LogP contribution in [0.1, 0.15) is 17.2 Å². The first-order chi connectivity index (χ1) is 6.25. The van der Waals surface area contributed by atoms with Gasteiger partial charge in [-0.1, -0.05) is 23.7 Å². The maximum atomic E-state index is 9.37. The largest absolute Gasteiger partial charge is 0.392 e. The summed E-state index contributed by atoms with van der Waals surface area (Å²) in [6.07, 6.45) is 0.734. The molecule has 13 heavy (non-hydrogen) atoms. The zero-order valence-electron chi connectivity index (χ0n) is 7.11. The van der Waals surface area contributed by atoms with Crippen molar-refractivity contribution >= 4 is 23.4 Å². The second kappa shape index (κ2) is 3.91. The highest BCUT2D eigenvalue weighted by Gasteiger charge is 2.24. The molecular formula is C10H11ClOS. The summed E-state index contributed by atoms with van der Waals surface area (Å²) >= 11 is 7.61. The number of halogens is 1. The molecule has 1 aliphatic rings. The van der Waals surface area contributed by atoms with Crippen LogP contribution in [0, 0.1) is 0 Å². The molecule has 2 atom stereocenters. The lowest BCUT2D eigenvalue weighted by molar-refractivity contribution is 0.196. The van der Waals surface area contributed by atoms with Crippen molar-refractivity contribution in [3.8, 4) is 0 Å². The molecule has 1 N–H and O–H groups in total. The van der Waals surface area contributed by atoms with Crippen LogP contribution in [0.5, 0.6) is 0 Å². The van der Waals surface area contributed by atoms with Crippen LogP contribution in [0.3, 0.4) is 0 Å². The molecule has 1 heterocycles. The number of hydrogen-bond donors (Lipinski definition) is 1. The smallest absolute Gasteiger partial charge is 0.0644 e. The zero-order valence-corrected chi connectivity index (χ0v) is 8.68. The zero-order chi connectivity index (χ0) is 9.26. The van der Waals surface area contributed by atoms with E-state index < -0.39 is 0 Å². The predicted octanol–water partition coefficient (Wildman–Crippen LogP) is 2.88.